The summed E-state index contributed by atoms with van der Waals surface area (Å²) in [6.07, 6.45) is 2.22. The van der Waals surface area contributed by atoms with Crippen LogP contribution in [0.4, 0.5) is 0 Å². The Morgan fingerprint density at radius 2 is 1.89 bits per heavy atom. The molecule has 0 unspecified atom stereocenters. The largest absolute Gasteiger partial charge is 0.489 e. The van der Waals surface area contributed by atoms with Gasteiger partial charge in [-0.25, -0.2) is 0 Å². The minimum absolute atomic E-state index is 0. The highest BCUT2D eigenvalue weighted by molar-refractivity contribution is 9.10. The molecular weight excluding hydrogens is 314 g/mol. The SMILES string of the molecule is CC(C)(C)c1ccc(OC2CC(N)C2)c(Br)c1.Cl. The van der Waals surface area contributed by atoms with Crippen molar-refractivity contribution >= 4 is 28.3 Å². The Hall–Kier alpha value is -0.250. The summed E-state index contributed by atoms with van der Waals surface area (Å²) in [6.45, 7) is 6.63. The highest BCUT2D eigenvalue weighted by atomic mass is 79.9. The molecule has 2 N–H and O–H groups in total. The van der Waals surface area contributed by atoms with E-state index in [2.05, 4.69) is 54.9 Å². The third-order valence-corrected chi connectivity index (χ3v) is 3.84. The van der Waals surface area contributed by atoms with Crippen LogP contribution in [0.3, 0.4) is 0 Å². The molecule has 0 spiro atoms. The summed E-state index contributed by atoms with van der Waals surface area (Å²) in [7, 11) is 0. The highest BCUT2D eigenvalue weighted by Gasteiger charge is 2.28. The number of hydrogen-bond acceptors (Lipinski definition) is 2. The van der Waals surface area contributed by atoms with Crippen molar-refractivity contribution in [2.24, 2.45) is 5.73 Å². The Bertz CT molecular complexity index is 411. The number of hydrogen-bond donors (Lipinski definition) is 1. The van der Waals surface area contributed by atoms with Crippen molar-refractivity contribution in [1.82, 2.24) is 0 Å². The molecule has 18 heavy (non-hydrogen) atoms. The summed E-state index contributed by atoms with van der Waals surface area (Å²) in [5, 5.41) is 0. The number of rotatable bonds is 2. The van der Waals surface area contributed by atoms with Crippen molar-refractivity contribution in [3.05, 3.63) is 28.2 Å². The maximum absolute atomic E-state index is 5.89. The van der Waals surface area contributed by atoms with E-state index in [1.54, 1.807) is 0 Å². The molecule has 0 atom stereocenters. The lowest BCUT2D eigenvalue weighted by Crippen LogP contribution is -2.43. The lowest BCUT2D eigenvalue weighted by atomic mass is 9.87. The lowest BCUT2D eigenvalue weighted by molar-refractivity contribution is 0.1000. The standard InChI is InChI=1S/C14H20BrNO.ClH/c1-14(2,3)9-4-5-13(12(15)6-9)17-11-7-10(16)8-11;/h4-6,10-11H,7-8,16H2,1-3H3;1H. The van der Waals surface area contributed by atoms with E-state index in [-0.39, 0.29) is 17.8 Å². The van der Waals surface area contributed by atoms with Crippen LogP contribution >= 0.6 is 28.3 Å². The van der Waals surface area contributed by atoms with Gasteiger partial charge >= 0.3 is 0 Å². The van der Waals surface area contributed by atoms with Crippen molar-refractivity contribution < 1.29 is 4.74 Å². The zero-order chi connectivity index (χ0) is 12.6. The second-order valence-corrected chi connectivity index (χ2v) is 6.72. The first-order chi connectivity index (χ1) is 7.86. The van der Waals surface area contributed by atoms with Crippen molar-refractivity contribution in [1.29, 1.82) is 0 Å². The molecule has 1 aromatic carbocycles. The van der Waals surface area contributed by atoms with Crippen LogP contribution in [0.5, 0.6) is 5.75 Å². The van der Waals surface area contributed by atoms with Gasteiger partial charge in [0.25, 0.3) is 0 Å². The third-order valence-electron chi connectivity index (χ3n) is 3.22. The minimum atomic E-state index is 0. The van der Waals surface area contributed by atoms with E-state index in [9.17, 15) is 0 Å². The van der Waals surface area contributed by atoms with Gasteiger partial charge in [0, 0.05) is 6.04 Å². The molecule has 0 saturated heterocycles. The van der Waals surface area contributed by atoms with Crippen molar-refractivity contribution in [3.63, 3.8) is 0 Å². The Labute approximate surface area is 124 Å². The van der Waals surface area contributed by atoms with Gasteiger partial charge in [0.2, 0.25) is 0 Å². The Kier molecular flexibility index (Phi) is 5.10. The number of halogens is 2. The summed E-state index contributed by atoms with van der Waals surface area (Å²) >= 11 is 3.58. The van der Waals surface area contributed by atoms with Gasteiger partial charge in [0.05, 0.1) is 4.47 Å². The van der Waals surface area contributed by atoms with Crippen molar-refractivity contribution in [2.75, 3.05) is 0 Å². The van der Waals surface area contributed by atoms with Gasteiger partial charge in [-0.2, -0.15) is 0 Å². The summed E-state index contributed by atoms with van der Waals surface area (Å²) in [5.74, 6) is 0.926. The molecule has 1 aromatic rings. The van der Waals surface area contributed by atoms with E-state index >= 15 is 0 Å². The first-order valence-corrected chi connectivity index (χ1v) is 6.88. The van der Waals surface area contributed by atoms with Crippen LogP contribution in [0, 0.1) is 0 Å². The lowest BCUT2D eigenvalue weighted by Gasteiger charge is -2.33. The van der Waals surface area contributed by atoms with E-state index in [1.165, 1.54) is 5.56 Å². The molecule has 1 fully saturated rings. The first-order valence-electron chi connectivity index (χ1n) is 6.08. The molecule has 0 heterocycles. The fourth-order valence-electron chi connectivity index (χ4n) is 1.95. The normalized spacial score (nSPS) is 22.9. The minimum Gasteiger partial charge on any atom is -0.489 e. The molecule has 0 aliphatic heterocycles. The summed E-state index contributed by atoms with van der Waals surface area (Å²) in [5.41, 5.74) is 7.22. The number of benzene rings is 1. The van der Waals surface area contributed by atoms with Crippen molar-refractivity contribution in [2.45, 2.75) is 51.2 Å². The second kappa shape index (κ2) is 5.81. The molecule has 0 aromatic heterocycles. The predicted octanol–water partition coefficient (Wildman–Crippen LogP) is 4.04. The van der Waals surface area contributed by atoms with Crippen LogP contribution in [-0.2, 0) is 5.41 Å². The van der Waals surface area contributed by atoms with E-state index in [1.807, 2.05) is 0 Å². The van der Waals surface area contributed by atoms with Gasteiger partial charge in [0.1, 0.15) is 11.9 Å². The summed E-state index contributed by atoms with van der Waals surface area (Å²) in [6, 6.07) is 6.66. The molecule has 2 rings (SSSR count). The monoisotopic (exact) mass is 333 g/mol. The van der Waals surface area contributed by atoms with Gasteiger partial charge < -0.3 is 10.5 Å². The van der Waals surface area contributed by atoms with Crippen LogP contribution in [-0.4, -0.2) is 12.1 Å². The first kappa shape index (κ1) is 15.8. The van der Waals surface area contributed by atoms with Crippen LogP contribution < -0.4 is 10.5 Å². The molecule has 102 valence electrons. The van der Waals surface area contributed by atoms with Crippen LogP contribution in [0.1, 0.15) is 39.2 Å². The quantitative estimate of drug-likeness (QED) is 0.886. The molecular formula is C14H21BrClNO. The molecule has 1 saturated carbocycles. The Morgan fingerprint density at radius 3 is 2.33 bits per heavy atom. The highest BCUT2D eigenvalue weighted by Crippen LogP contribution is 2.34. The smallest absolute Gasteiger partial charge is 0.133 e. The Morgan fingerprint density at radius 1 is 1.28 bits per heavy atom. The van der Waals surface area contributed by atoms with Gasteiger partial charge in [-0.1, -0.05) is 26.8 Å². The van der Waals surface area contributed by atoms with E-state index in [0.717, 1.165) is 23.1 Å². The molecule has 1 aliphatic rings. The molecule has 0 amide bonds. The summed E-state index contributed by atoms with van der Waals surface area (Å²) < 4.78 is 6.93. The molecule has 1 aliphatic carbocycles. The van der Waals surface area contributed by atoms with E-state index < -0.39 is 0 Å². The van der Waals surface area contributed by atoms with Gasteiger partial charge in [-0.05, 0) is 51.9 Å². The number of nitrogens with two attached hydrogens (primary N) is 1. The zero-order valence-corrected chi connectivity index (χ0v) is 13.5. The number of ether oxygens (including phenoxy) is 1. The topological polar surface area (TPSA) is 35.2 Å². The fraction of sp³-hybridized carbons (Fsp3) is 0.571. The van der Waals surface area contributed by atoms with E-state index in [4.69, 9.17) is 10.5 Å². The molecule has 4 heteroatoms. The Balaban J connectivity index is 0.00000162. The van der Waals surface area contributed by atoms with Gasteiger partial charge in [-0.15, -0.1) is 12.4 Å². The van der Waals surface area contributed by atoms with Gasteiger partial charge in [-0.3, -0.25) is 0 Å². The fourth-order valence-corrected chi connectivity index (χ4v) is 2.42. The maximum Gasteiger partial charge on any atom is 0.133 e. The predicted molar refractivity (Wildman–Crippen MR) is 81.7 cm³/mol. The maximum atomic E-state index is 5.89. The second-order valence-electron chi connectivity index (χ2n) is 5.87. The molecule has 0 radical (unpaired) electrons. The zero-order valence-electron chi connectivity index (χ0n) is 11.1. The average Bonchev–Trinajstić information content (AvgIpc) is 2.16. The van der Waals surface area contributed by atoms with Crippen molar-refractivity contribution in [3.8, 4) is 5.75 Å². The van der Waals surface area contributed by atoms with Crippen LogP contribution in [0.15, 0.2) is 22.7 Å². The van der Waals surface area contributed by atoms with E-state index in [0.29, 0.717) is 12.1 Å². The van der Waals surface area contributed by atoms with Crippen LogP contribution in [0.2, 0.25) is 0 Å². The van der Waals surface area contributed by atoms with Crippen LogP contribution in [0.25, 0.3) is 0 Å². The molecule has 2 nitrogen and oxygen atoms in total. The third kappa shape index (κ3) is 3.62. The summed E-state index contributed by atoms with van der Waals surface area (Å²) in [4.78, 5) is 0. The average molecular weight is 335 g/mol. The molecule has 0 bridgehead atoms. The van der Waals surface area contributed by atoms with Gasteiger partial charge in [0.15, 0.2) is 0 Å².